The van der Waals surface area contributed by atoms with Crippen molar-refractivity contribution in [2.75, 3.05) is 5.32 Å². The van der Waals surface area contributed by atoms with Crippen molar-refractivity contribution in [2.45, 2.75) is 75.5 Å². The second-order valence-corrected chi connectivity index (χ2v) is 10.0. The van der Waals surface area contributed by atoms with Crippen LogP contribution in [-0.2, 0) is 27.6 Å². The number of anilines is 1. The molecule has 160 valence electrons. The Kier molecular flexibility index (Phi) is 6.93. The molecule has 1 saturated carbocycles. The lowest BCUT2D eigenvalue weighted by atomic mass is 10.1. The predicted octanol–water partition coefficient (Wildman–Crippen LogP) is 3.70. The van der Waals surface area contributed by atoms with Crippen LogP contribution in [0.15, 0.2) is 29.2 Å². The van der Waals surface area contributed by atoms with Crippen LogP contribution in [0.3, 0.4) is 0 Å². The van der Waals surface area contributed by atoms with Crippen LogP contribution < -0.4 is 5.32 Å². The highest BCUT2D eigenvalue weighted by Gasteiger charge is 2.30. The monoisotopic (exact) mass is 428 g/mol. The van der Waals surface area contributed by atoms with E-state index in [2.05, 4.69) is 16.5 Å². The number of nitrogens with one attached hydrogen (secondary N) is 1. The zero-order valence-corrected chi connectivity index (χ0v) is 18.3. The number of hydrogen-bond donors (Lipinski definition) is 1. The summed E-state index contributed by atoms with van der Waals surface area (Å²) >= 11 is 0. The summed E-state index contributed by atoms with van der Waals surface area (Å²) < 4.78 is 27.4. The summed E-state index contributed by atoms with van der Waals surface area (Å²) in [5.41, 5.74) is 3.35. The van der Waals surface area contributed by atoms with E-state index in [1.54, 1.807) is 24.3 Å². The van der Waals surface area contributed by atoms with Crippen molar-refractivity contribution in [1.29, 1.82) is 5.26 Å². The molecule has 1 heterocycles. The summed E-state index contributed by atoms with van der Waals surface area (Å²) in [6.07, 6.45) is 4.52. The van der Waals surface area contributed by atoms with Gasteiger partial charge in [0, 0.05) is 17.8 Å². The maximum Gasteiger partial charge on any atom is 0.224 e. The minimum absolute atomic E-state index is 0.172. The Bertz CT molecular complexity index is 1060. The van der Waals surface area contributed by atoms with Crippen molar-refractivity contribution in [3.8, 4) is 6.07 Å². The van der Waals surface area contributed by atoms with Crippen LogP contribution in [0.1, 0.15) is 55.5 Å². The maximum atomic E-state index is 12.8. The largest absolute Gasteiger partial charge is 0.326 e. The zero-order chi connectivity index (χ0) is 21.7. The van der Waals surface area contributed by atoms with Crippen molar-refractivity contribution in [3.63, 3.8) is 0 Å². The standard InChI is InChI=1S/C22H28N4O3S/c1-16-21(17(2)26(25-16)14-6-13-23)11-12-22(27)24-18-7-5-10-20(15-18)30(28,29)19-8-3-4-9-19/h5,7,10,15,19H,3-4,6,8-9,11-12,14H2,1-2H3,(H,24,27). The molecule has 1 N–H and O–H groups in total. The first-order valence-electron chi connectivity index (χ1n) is 10.4. The van der Waals surface area contributed by atoms with E-state index in [1.165, 1.54) is 0 Å². The fourth-order valence-electron chi connectivity index (χ4n) is 4.07. The third kappa shape index (κ3) is 4.90. The Balaban J connectivity index is 1.63. The van der Waals surface area contributed by atoms with E-state index in [-0.39, 0.29) is 22.5 Å². The lowest BCUT2D eigenvalue weighted by Crippen LogP contribution is -2.18. The van der Waals surface area contributed by atoms with E-state index in [0.717, 1.165) is 29.8 Å². The van der Waals surface area contributed by atoms with Gasteiger partial charge in [-0.1, -0.05) is 18.9 Å². The van der Waals surface area contributed by atoms with Crippen LogP contribution in [0.4, 0.5) is 5.69 Å². The molecule has 1 aliphatic rings. The average molecular weight is 429 g/mol. The summed E-state index contributed by atoms with van der Waals surface area (Å²) in [7, 11) is -3.35. The van der Waals surface area contributed by atoms with E-state index in [4.69, 9.17) is 5.26 Å². The van der Waals surface area contributed by atoms with Crippen LogP contribution in [0.2, 0.25) is 0 Å². The van der Waals surface area contributed by atoms with Crippen molar-refractivity contribution in [3.05, 3.63) is 41.2 Å². The minimum atomic E-state index is -3.35. The quantitative estimate of drug-likeness (QED) is 0.690. The first-order valence-corrected chi connectivity index (χ1v) is 11.9. The third-order valence-electron chi connectivity index (χ3n) is 5.76. The molecule has 1 aromatic heterocycles. The van der Waals surface area contributed by atoms with Crippen molar-refractivity contribution < 1.29 is 13.2 Å². The lowest BCUT2D eigenvalue weighted by Gasteiger charge is -2.13. The highest BCUT2D eigenvalue weighted by Crippen LogP contribution is 2.30. The van der Waals surface area contributed by atoms with Crippen LogP contribution in [-0.4, -0.2) is 29.4 Å². The van der Waals surface area contributed by atoms with Gasteiger partial charge < -0.3 is 5.32 Å². The van der Waals surface area contributed by atoms with Crippen molar-refractivity contribution in [2.24, 2.45) is 0 Å². The number of carbonyl (C=O) groups is 1. The summed E-state index contributed by atoms with van der Waals surface area (Å²) in [6, 6.07) is 8.66. The molecule has 30 heavy (non-hydrogen) atoms. The van der Waals surface area contributed by atoms with Crippen LogP contribution >= 0.6 is 0 Å². The topological polar surface area (TPSA) is 105 Å². The molecule has 7 nitrogen and oxygen atoms in total. The number of benzene rings is 1. The smallest absolute Gasteiger partial charge is 0.224 e. The number of nitrogens with zero attached hydrogens (tertiary/aromatic N) is 3. The number of carbonyl (C=O) groups excluding carboxylic acids is 1. The van der Waals surface area contributed by atoms with Gasteiger partial charge >= 0.3 is 0 Å². The molecular formula is C22H28N4O3S. The molecule has 8 heteroatoms. The summed E-state index contributed by atoms with van der Waals surface area (Å²) in [5.74, 6) is -0.172. The van der Waals surface area contributed by atoms with Crippen molar-refractivity contribution >= 4 is 21.4 Å². The molecule has 0 bridgehead atoms. The normalized spacial score (nSPS) is 14.6. The van der Waals surface area contributed by atoms with Gasteiger partial charge in [-0.2, -0.15) is 10.4 Å². The average Bonchev–Trinajstić information content (AvgIpc) is 3.35. The highest BCUT2D eigenvalue weighted by atomic mass is 32.2. The van der Waals surface area contributed by atoms with Crippen LogP contribution in [0.5, 0.6) is 0 Å². The molecule has 0 spiro atoms. The molecular weight excluding hydrogens is 400 g/mol. The fraction of sp³-hybridized carbons (Fsp3) is 0.500. The molecule has 1 aromatic carbocycles. The first kappa shape index (κ1) is 22.0. The summed E-state index contributed by atoms with van der Waals surface area (Å²) in [4.78, 5) is 12.7. The number of hydrogen-bond acceptors (Lipinski definition) is 5. The van der Waals surface area contributed by atoms with E-state index in [0.29, 0.717) is 37.9 Å². The number of amides is 1. The fourth-order valence-corrected chi connectivity index (χ4v) is 5.97. The molecule has 1 amide bonds. The lowest BCUT2D eigenvalue weighted by molar-refractivity contribution is -0.116. The molecule has 0 saturated heterocycles. The van der Waals surface area contributed by atoms with Gasteiger partial charge in [0.05, 0.1) is 34.9 Å². The van der Waals surface area contributed by atoms with Gasteiger partial charge in [-0.3, -0.25) is 9.48 Å². The Hall–Kier alpha value is -2.66. The van der Waals surface area contributed by atoms with E-state index in [9.17, 15) is 13.2 Å². The van der Waals surface area contributed by atoms with Gasteiger partial charge in [0.25, 0.3) is 0 Å². The SMILES string of the molecule is Cc1nn(CCC#N)c(C)c1CCC(=O)Nc1cccc(S(=O)(=O)C2CCCC2)c1. The molecule has 3 rings (SSSR count). The minimum Gasteiger partial charge on any atom is -0.326 e. The number of nitriles is 1. The number of sulfone groups is 1. The summed E-state index contributed by atoms with van der Waals surface area (Å²) in [6.45, 7) is 4.39. The van der Waals surface area contributed by atoms with E-state index >= 15 is 0 Å². The van der Waals surface area contributed by atoms with Crippen molar-refractivity contribution in [1.82, 2.24) is 9.78 Å². The third-order valence-corrected chi connectivity index (χ3v) is 8.02. The van der Waals surface area contributed by atoms with Gasteiger partial charge in [-0.15, -0.1) is 0 Å². The summed E-state index contributed by atoms with van der Waals surface area (Å²) in [5, 5.41) is 15.7. The zero-order valence-electron chi connectivity index (χ0n) is 17.5. The second-order valence-electron chi connectivity index (χ2n) is 7.81. The van der Waals surface area contributed by atoms with E-state index < -0.39 is 9.84 Å². The van der Waals surface area contributed by atoms with Gasteiger partial charge in [0.15, 0.2) is 9.84 Å². The van der Waals surface area contributed by atoms with Gasteiger partial charge in [0.1, 0.15) is 0 Å². The highest BCUT2D eigenvalue weighted by molar-refractivity contribution is 7.92. The first-order chi connectivity index (χ1) is 14.3. The number of rotatable bonds is 8. The maximum absolute atomic E-state index is 12.8. The molecule has 0 aliphatic heterocycles. The predicted molar refractivity (Wildman–Crippen MR) is 115 cm³/mol. The molecule has 1 fully saturated rings. The number of aromatic nitrogens is 2. The Labute approximate surface area is 178 Å². The second kappa shape index (κ2) is 9.43. The van der Waals surface area contributed by atoms with Gasteiger partial charge in [-0.05, 0) is 56.9 Å². The van der Waals surface area contributed by atoms with Crippen LogP contribution in [0, 0.1) is 25.2 Å². The van der Waals surface area contributed by atoms with E-state index in [1.807, 2.05) is 18.5 Å². The van der Waals surface area contributed by atoms with Crippen LogP contribution in [0.25, 0.3) is 0 Å². The Morgan fingerprint density at radius 3 is 2.73 bits per heavy atom. The molecule has 1 aliphatic carbocycles. The number of aryl methyl sites for hydroxylation is 2. The Morgan fingerprint density at radius 1 is 1.30 bits per heavy atom. The Morgan fingerprint density at radius 2 is 2.03 bits per heavy atom. The molecule has 0 atom stereocenters. The van der Waals surface area contributed by atoms with Gasteiger partial charge in [-0.25, -0.2) is 8.42 Å². The molecule has 0 radical (unpaired) electrons. The molecule has 0 unspecified atom stereocenters. The van der Waals surface area contributed by atoms with Gasteiger partial charge in [0.2, 0.25) is 5.91 Å². The molecule has 2 aromatic rings.